The molecule has 1 rings (SSSR count). The van der Waals surface area contributed by atoms with Crippen LogP contribution in [0.5, 0.6) is 0 Å². The molecule has 0 spiro atoms. The third-order valence-corrected chi connectivity index (χ3v) is 2.70. The first-order valence-corrected chi connectivity index (χ1v) is 5.14. The molecule has 0 fully saturated rings. The molecule has 86 valence electrons. The minimum absolute atomic E-state index is 0.280. The van der Waals surface area contributed by atoms with Gasteiger partial charge in [0.15, 0.2) is 0 Å². The van der Waals surface area contributed by atoms with Gasteiger partial charge in [0.2, 0.25) is 0 Å². The van der Waals surface area contributed by atoms with Crippen molar-refractivity contribution >= 4 is 11.3 Å². The number of benzene rings is 1. The van der Waals surface area contributed by atoms with Crippen LogP contribution in [0.25, 0.3) is 5.57 Å². The van der Waals surface area contributed by atoms with E-state index in [0.29, 0.717) is 22.4 Å². The average molecular weight is 220 g/mol. The predicted octanol–water partition coefficient (Wildman–Crippen LogP) is 3.17. The van der Waals surface area contributed by atoms with Gasteiger partial charge in [-0.05, 0) is 38.8 Å². The Balaban J connectivity index is 3.51. The van der Waals surface area contributed by atoms with Crippen molar-refractivity contribution in [3.05, 3.63) is 40.3 Å². The molecule has 0 saturated carbocycles. The van der Waals surface area contributed by atoms with E-state index in [1.165, 1.54) is 0 Å². The van der Waals surface area contributed by atoms with Gasteiger partial charge in [-0.25, -0.2) is 4.39 Å². The van der Waals surface area contributed by atoms with Crippen LogP contribution in [0.1, 0.15) is 30.5 Å². The average Bonchev–Trinajstić information content (AvgIpc) is 2.17. The number of hydrogen-bond donors (Lipinski definition) is 2. The minimum Gasteiger partial charge on any atom is -0.402 e. The van der Waals surface area contributed by atoms with Gasteiger partial charge < -0.3 is 11.1 Å². The lowest BCUT2D eigenvalue weighted by Crippen LogP contribution is -2.07. The Kier molecular flexibility index (Phi) is 3.48. The van der Waals surface area contributed by atoms with Crippen molar-refractivity contribution in [2.24, 2.45) is 5.73 Å². The fraction of sp³-hybridized carbons (Fsp3) is 0.308. The monoisotopic (exact) mass is 220 g/mol. The molecular formula is C13H17FN2. The van der Waals surface area contributed by atoms with Crippen LogP contribution in [-0.4, -0.2) is 5.71 Å². The maximum atomic E-state index is 14.0. The van der Waals surface area contributed by atoms with Crippen molar-refractivity contribution in [3.63, 3.8) is 0 Å². The molecule has 1 aromatic carbocycles. The summed E-state index contributed by atoms with van der Waals surface area (Å²) in [6.07, 6.45) is 0. The molecule has 0 atom stereocenters. The second-order valence-electron chi connectivity index (χ2n) is 4.05. The SMILES string of the molecule is CC(=N)/C(=C(/C)N)c1ccc(C)c(C)c1F. The molecule has 0 aliphatic heterocycles. The highest BCUT2D eigenvalue weighted by Crippen LogP contribution is 2.25. The molecule has 0 amide bonds. The summed E-state index contributed by atoms with van der Waals surface area (Å²) in [5.74, 6) is -0.286. The van der Waals surface area contributed by atoms with E-state index in [1.807, 2.05) is 13.0 Å². The second-order valence-corrected chi connectivity index (χ2v) is 4.05. The molecule has 0 saturated heterocycles. The zero-order valence-corrected chi connectivity index (χ0v) is 10.1. The molecular weight excluding hydrogens is 203 g/mol. The van der Waals surface area contributed by atoms with Crippen LogP contribution >= 0.6 is 0 Å². The van der Waals surface area contributed by atoms with E-state index in [4.69, 9.17) is 11.1 Å². The third kappa shape index (κ3) is 2.13. The van der Waals surface area contributed by atoms with Crippen LogP contribution in [0.4, 0.5) is 4.39 Å². The maximum Gasteiger partial charge on any atom is 0.134 e. The molecule has 1 aromatic rings. The highest BCUT2D eigenvalue weighted by molar-refractivity contribution is 6.21. The Bertz CT molecular complexity index is 469. The van der Waals surface area contributed by atoms with E-state index in [-0.39, 0.29) is 11.5 Å². The Morgan fingerprint density at radius 3 is 2.25 bits per heavy atom. The summed E-state index contributed by atoms with van der Waals surface area (Å²) in [5.41, 5.74) is 8.85. The van der Waals surface area contributed by atoms with E-state index in [1.54, 1.807) is 26.8 Å². The standard InChI is InChI=1S/C13H17FN2/c1-7-5-6-11(13(14)8(7)2)12(9(3)15)10(4)16/h5-6,15H,16H2,1-4H3/b12-10+,15-9?. The van der Waals surface area contributed by atoms with Crippen LogP contribution in [0.15, 0.2) is 17.8 Å². The quantitative estimate of drug-likeness (QED) is 0.739. The highest BCUT2D eigenvalue weighted by Gasteiger charge is 2.14. The van der Waals surface area contributed by atoms with Gasteiger partial charge in [-0.3, -0.25) is 0 Å². The van der Waals surface area contributed by atoms with Gasteiger partial charge in [-0.1, -0.05) is 12.1 Å². The van der Waals surface area contributed by atoms with Crippen molar-refractivity contribution < 1.29 is 4.39 Å². The van der Waals surface area contributed by atoms with Crippen molar-refractivity contribution in [1.82, 2.24) is 0 Å². The molecule has 0 heterocycles. The van der Waals surface area contributed by atoms with E-state index >= 15 is 0 Å². The van der Waals surface area contributed by atoms with Crippen LogP contribution in [-0.2, 0) is 0 Å². The van der Waals surface area contributed by atoms with E-state index < -0.39 is 0 Å². The van der Waals surface area contributed by atoms with Crippen LogP contribution in [0.2, 0.25) is 0 Å². The molecule has 3 heteroatoms. The van der Waals surface area contributed by atoms with E-state index in [9.17, 15) is 4.39 Å². The van der Waals surface area contributed by atoms with Crippen molar-refractivity contribution in [2.75, 3.05) is 0 Å². The molecule has 3 N–H and O–H groups in total. The summed E-state index contributed by atoms with van der Waals surface area (Å²) in [6, 6.07) is 3.53. The second kappa shape index (κ2) is 4.47. The minimum atomic E-state index is -0.286. The molecule has 16 heavy (non-hydrogen) atoms. The fourth-order valence-electron chi connectivity index (χ4n) is 1.68. The molecule has 0 aliphatic rings. The van der Waals surface area contributed by atoms with E-state index in [0.717, 1.165) is 5.56 Å². The summed E-state index contributed by atoms with van der Waals surface area (Å²) < 4.78 is 14.0. The Morgan fingerprint density at radius 1 is 1.25 bits per heavy atom. The van der Waals surface area contributed by atoms with Gasteiger partial charge in [-0.2, -0.15) is 0 Å². The number of halogens is 1. The number of allylic oxidation sites excluding steroid dienone is 2. The fourth-order valence-corrected chi connectivity index (χ4v) is 1.68. The van der Waals surface area contributed by atoms with Crippen LogP contribution in [0, 0.1) is 25.1 Å². The van der Waals surface area contributed by atoms with Gasteiger partial charge in [0.05, 0.1) is 0 Å². The zero-order valence-electron chi connectivity index (χ0n) is 10.1. The van der Waals surface area contributed by atoms with Crippen molar-refractivity contribution in [3.8, 4) is 0 Å². The van der Waals surface area contributed by atoms with Gasteiger partial charge in [0.25, 0.3) is 0 Å². The first-order valence-electron chi connectivity index (χ1n) is 5.14. The largest absolute Gasteiger partial charge is 0.402 e. The Hall–Kier alpha value is -1.64. The zero-order chi connectivity index (χ0) is 12.5. The first kappa shape index (κ1) is 12.4. The Morgan fingerprint density at radius 2 is 1.81 bits per heavy atom. The van der Waals surface area contributed by atoms with Crippen LogP contribution in [0.3, 0.4) is 0 Å². The van der Waals surface area contributed by atoms with Crippen molar-refractivity contribution in [2.45, 2.75) is 27.7 Å². The van der Waals surface area contributed by atoms with Crippen molar-refractivity contribution in [1.29, 1.82) is 5.41 Å². The lowest BCUT2D eigenvalue weighted by molar-refractivity contribution is 0.613. The lowest BCUT2D eigenvalue weighted by Gasteiger charge is -2.12. The molecule has 0 aromatic heterocycles. The number of aryl methyl sites for hydroxylation is 1. The first-order chi connectivity index (χ1) is 7.36. The molecule has 0 aliphatic carbocycles. The summed E-state index contributed by atoms with van der Waals surface area (Å²) in [6.45, 7) is 6.89. The summed E-state index contributed by atoms with van der Waals surface area (Å²) in [7, 11) is 0. The van der Waals surface area contributed by atoms with Gasteiger partial charge in [0, 0.05) is 22.5 Å². The molecule has 2 nitrogen and oxygen atoms in total. The lowest BCUT2D eigenvalue weighted by atomic mass is 9.95. The number of hydrogen-bond acceptors (Lipinski definition) is 2. The highest BCUT2D eigenvalue weighted by atomic mass is 19.1. The number of nitrogens with one attached hydrogen (secondary N) is 1. The maximum absolute atomic E-state index is 14.0. The van der Waals surface area contributed by atoms with E-state index in [2.05, 4.69) is 0 Å². The molecule has 0 unspecified atom stereocenters. The normalized spacial score (nSPS) is 12.3. The predicted molar refractivity (Wildman–Crippen MR) is 66.1 cm³/mol. The molecule has 0 bridgehead atoms. The summed E-state index contributed by atoms with van der Waals surface area (Å²) >= 11 is 0. The summed E-state index contributed by atoms with van der Waals surface area (Å²) in [5, 5.41) is 7.64. The van der Waals surface area contributed by atoms with Gasteiger partial charge in [-0.15, -0.1) is 0 Å². The van der Waals surface area contributed by atoms with Crippen LogP contribution < -0.4 is 5.73 Å². The molecule has 0 radical (unpaired) electrons. The number of nitrogens with two attached hydrogens (primary N) is 1. The summed E-state index contributed by atoms with van der Waals surface area (Å²) in [4.78, 5) is 0. The topological polar surface area (TPSA) is 49.9 Å². The third-order valence-electron chi connectivity index (χ3n) is 2.70. The van der Waals surface area contributed by atoms with Gasteiger partial charge >= 0.3 is 0 Å². The van der Waals surface area contributed by atoms with Gasteiger partial charge in [0.1, 0.15) is 5.82 Å². The number of rotatable bonds is 2. The smallest absolute Gasteiger partial charge is 0.134 e. The Labute approximate surface area is 95.5 Å².